The van der Waals surface area contributed by atoms with Gasteiger partial charge in [0.2, 0.25) is 0 Å². The van der Waals surface area contributed by atoms with Gasteiger partial charge in [0.15, 0.2) is 11.6 Å². The minimum atomic E-state index is -0.780. The van der Waals surface area contributed by atoms with Crippen LogP contribution in [0.2, 0.25) is 0 Å². The molecule has 1 aliphatic heterocycles. The molecular weight excluding hydrogens is 314 g/mol. The fourth-order valence-electron chi connectivity index (χ4n) is 2.86. The molecule has 0 radical (unpaired) electrons. The number of hydrogen-bond acceptors (Lipinski definition) is 3. The number of likely N-dealkylation sites (tertiary alicyclic amines) is 1. The van der Waals surface area contributed by atoms with Gasteiger partial charge in [0.1, 0.15) is 11.6 Å². The standard InChI is InChI=1S/C18H18F2N2O2/c19-13-5-8-17(16(20)10-13)24-15-6-3-12(4-7-15)18(23)22-9-1-2-14(22)11-21/h3-8,10,14H,1-2,9,11,21H2. The van der Waals surface area contributed by atoms with Gasteiger partial charge in [-0.1, -0.05) is 0 Å². The average molecular weight is 332 g/mol. The maximum absolute atomic E-state index is 13.6. The Hall–Kier alpha value is -2.47. The van der Waals surface area contributed by atoms with Crippen LogP contribution in [0, 0.1) is 11.6 Å². The molecule has 1 heterocycles. The number of carbonyl (C=O) groups excluding carboxylic acids is 1. The summed E-state index contributed by atoms with van der Waals surface area (Å²) in [6.07, 6.45) is 1.88. The molecule has 24 heavy (non-hydrogen) atoms. The molecule has 1 unspecified atom stereocenters. The van der Waals surface area contributed by atoms with Crippen LogP contribution in [-0.2, 0) is 0 Å². The Morgan fingerprint density at radius 1 is 1.21 bits per heavy atom. The number of amides is 1. The maximum Gasteiger partial charge on any atom is 0.254 e. The summed E-state index contributed by atoms with van der Waals surface area (Å²) in [6, 6.07) is 9.62. The van der Waals surface area contributed by atoms with E-state index in [-0.39, 0.29) is 17.7 Å². The highest BCUT2D eigenvalue weighted by atomic mass is 19.1. The lowest BCUT2D eigenvalue weighted by molar-refractivity contribution is 0.0741. The number of carbonyl (C=O) groups is 1. The molecule has 3 rings (SSSR count). The molecule has 0 spiro atoms. The Morgan fingerprint density at radius 3 is 2.62 bits per heavy atom. The molecule has 0 aliphatic carbocycles. The number of rotatable bonds is 4. The highest BCUT2D eigenvalue weighted by Crippen LogP contribution is 2.26. The molecule has 2 aromatic carbocycles. The van der Waals surface area contributed by atoms with E-state index >= 15 is 0 Å². The Bertz CT molecular complexity index is 734. The number of benzene rings is 2. The Morgan fingerprint density at radius 2 is 1.96 bits per heavy atom. The predicted molar refractivity (Wildman–Crippen MR) is 86.0 cm³/mol. The van der Waals surface area contributed by atoms with E-state index in [1.165, 1.54) is 6.07 Å². The SMILES string of the molecule is NCC1CCCN1C(=O)c1ccc(Oc2ccc(F)cc2F)cc1. The van der Waals surface area contributed by atoms with E-state index < -0.39 is 11.6 Å². The fourth-order valence-corrected chi connectivity index (χ4v) is 2.86. The molecule has 2 N–H and O–H groups in total. The van der Waals surface area contributed by atoms with E-state index in [9.17, 15) is 13.6 Å². The minimum absolute atomic E-state index is 0.0672. The Labute approximate surface area is 138 Å². The van der Waals surface area contributed by atoms with E-state index in [0.29, 0.717) is 24.4 Å². The lowest BCUT2D eigenvalue weighted by Crippen LogP contribution is -2.39. The normalized spacial score (nSPS) is 17.1. The highest BCUT2D eigenvalue weighted by Gasteiger charge is 2.28. The smallest absolute Gasteiger partial charge is 0.254 e. The van der Waals surface area contributed by atoms with Crippen LogP contribution < -0.4 is 10.5 Å². The zero-order chi connectivity index (χ0) is 17.1. The van der Waals surface area contributed by atoms with Gasteiger partial charge in [-0.25, -0.2) is 8.78 Å². The van der Waals surface area contributed by atoms with E-state index in [1.807, 2.05) is 0 Å². The molecule has 1 amide bonds. The zero-order valence-electron chi connectivity index (χ0n) is 13.0. The van der Waals surface area contributed by atoms with Crippen LogP contribution in [0.1, 0.15) is 23.2 Å². The van der Waals surface area contributed by atoms with Gasteiger partial charge in [0.05, 0.1) is 0 Å². The van der Waals surface area contributed by atoms with Crippen LogP contribution in [0.3, 0.4) is 0 Å². The molecule has 1 atom stereocenters. The van der Waals surface area contributed by atoms with Gasteiger partial charge in [-0.15, -0.1) is 0 Å². The van der Waals surface area contributed by atoms with E-state index in [0.717, 1.165) is 25.0 Å². The molecule has 6 heteroatoms. The monoisotopic (exact) mass is 332 g/mol. The fraction of sp³-hybridized carbons (Fsp3) is 0.278. The average Bonchev–Trinajstić information content (AvgIpc) is 3.06. The third-order valence-electron chi connectivity index (χ3n) is 4.13. The number of hydrogen-bond donors (Lipinski definition) is 1. The number of nitrogens with zero attached hydrogens (tertiary/aromatic N) is 1. The first-order chi connectivity index (χ1) is 11.6. The van der Waals surface area contributed by atoms with E-state index in [4.69, 9.17) is 10.5 Å². The molecular formula is C18H18F2N2O2. The molecule has 1 saturated heterocycles. The summed E-state index contributed by atoms with van der Waals surface area (Å²) >= 11 is 0. The molecule has 1 aliphatic rings. The largest absolute Gasteiger partial charge is 0.454 e. The van der Waals surface area contributed by atoms with Crippen LogP contribution >= 0.6 is 0 Å². The summed E-state index contributed by atoms with van der Waals surface area (Å²) in [5.74, 6) is -1.21. The van der Waals surface area contributed by atoms with E-state index in [2.05, 4.69) is 0 Å². The summed E-state index contributed by atoms with van der Waals surface area (Å²) in [4.78, 5) is 14.3. The second-order valence-electron chi connectivity index (χ2n) is 5.73. The van der Waals surface area contributed by atoms with Gasteiger partial charge in [-0.2, -0.15) is 0 Å². The first-order valence-corrected chi connectivity index (χ1v) is 7.82. The zero-order valence-corrected chi connectivity index (χ0v) is 13.0. The third-order valence-corrected chi connectivity index (χ3v) is 4.13. The highest BCUT2D eigenvalue weighted by molar-refractivity contribution is 5.94. The van der Waals surface area contributed by atoms with Gasteiger partial charge in [-0.05, 0) is 49.2 Å². The first-order valence-electron chi connectivity index (χ1n) is 7.82. The summed E-state index contributed by atoms with van der Waals surface area (Å²) in [7, 11) is 0. The van der Waals surface area contributed by atoms with E-state index in [1.54, 1.807) is 29.2 Å². The third kappa shape index (κ3) is 3.38. The summed E-state index contributed by atoms with van der Waals surface area (Å²) in [6.45, 7) is 1.16. The molecule has 126 valence electrons. The first kappa shape index (κ1) is 16.4. The van der Waals surface area contributed by atoms with Crippen molar-refractivity contribution in [3.05, 3.63) is 59.7 Å². The van der Waals surface area contributed by atoms with Crippen molar-refractivity contribution in [3.63, 3.8) is 0 Å². The molecule has 0 bridgehead atoms. The Balaban J connectivity index is 1.72. The van der Waals surface area contributed by atoms with Crippen LogP contribution in [0.15, 0.2) is 42.5 Å². The molecule has 0 aromatic heterocycles. The van der Waals surface area contributed by atoms with Crippen molar-refractivity contribution in [2.24, 2.45) is 5.73 Å². The lowest BCUT2D eigenvalue weighted by atomic mass is 10.1. The van der Waals surface area contributed by atoms with Gasteiger partial charge in [0.25, 0.3) is 5.91 Å². The van der Waals surface area contributed by atoms with Crippen LogP contribution in [-0.4, -0.2) is 29.9 Å². The van der Waals surface area contributed by atoms with Crippen LogP contribution in [0.5, 0.6) is 11.5 Å². The van der Waals surface area contributed by atoms with Crippen molar-refractivity contribution in [1.29, 1.82) is 0 Å². The number of ether oxygens (including phenoxy) is 1. The molecule has 4 nitrogen and oxygen atoms in total. The summed E-state index contributed by atoms with van der Waals surface area (Å²) in [5.41, 5.74) is 6.23. The second kappa shape index (κ2) is 6.97. The predicted octanol–water partition coefficient (Wildman–Crippen LogP) is 3.32. The molecule has 2 aromatic rings. The number of halogens is 2. The topological polar surface area (TPSA) is 55.6 Å². The second-order valence-corrected chi connectivity index (χ2v) is 5.73. The van der Waals surface area contributed by atoms with Gasteiger partial charge < -0.3 is 15.4 Å². The number of nitrogens with two attached hydrogens (primary N) is 1. The summed E-state index contributed by atoms with van der Waals surface area (Å²) in [5, 5.41) is 0. The van der Waals surface area contributed by atoms with Crippen LogP contribution in [0.25, 0.3) is 0 Å². The van der Waals surface area contributed by atoms with Crippen molar-refractivity contribution < 1.29 is 18.3 Å². The molecule has 0 saturated carbocycles. The minimum Gasteiger partial charge on any atom is -0.454 e. The maximum atomic E-state index is 13.6. The van der Waals surface area contributed by atoms with Gasteiger partial charge in [-0.3, -0.25) is 4.79 Å². The Kier molecular flexibility index (Phi) is 4.76. The van der Waals surface area contributed by atoms with Crippen molar-refractivity contribution >= 4 is 5.91 Å². The quantitative estimate of drug-likeness (QED) is 0.934. The lowest BCUT2D eigenvalue weighted by Gasteiger charge is -2.23. The van der Waals surface area contributed by atoms with Crippen molar-refractivity contribution in [2.75, 3.05) is 13.1 Å². The van der Waals surface area contributed by atoms with Crippen molar-refractivity contribution in [3.8, 4) is 11.5 Å². The van der Waals surface area contributed by atoms with Crippen molar-refractivity contribution in [1.82, 2.24) is 4.90 Å². The molecule has 1 fully saturated rings. The summed E-state index contributed by atoms with van der Waals surface area (Å²) < 4.78 is 31.9. The van der Waals surface area contributed by atoms with Gasteiger partial charge >= 0.3 is 0 Å². The van der Waals surface area contributed by atoms with Crippen LogP contribution in [0.4, 0.5) is 8.78 Å². The van der Waals surface area contributed by atoms with Crippen molar-refractivity contribution in [2.45, 2.75) is 18.9 Å². The van der Waals surface area contributed by atoms with Gasteiger partial charge in [0, 0.05) is 30.8 Å².